The van der Waals surface area contributed by atoms with E-state index in [1.807, 2.05) is 0 Å². The molecule has 0 aliphatic carbocycles. The summed E-state index contributed by atoms with van der Waals surface area (Å²) in [7, 11) is 0. The lowest BCUT2D eigenvalue weighted by Crippen LogP contribution is -2.17. The van der Waals surface area contributed by atoms with E-state index < -0.39 is 0 Å². The minimum Gasteiger partial charge on any atom is -0.466 e. The number of carbonyl (C=O) groups excluding carboxylic acids is 2. The van der Waals surface area contributed by atoms with Gasteiger partial charge in [0.1, 0.15) is 0 Å². The Kier molecular flexibility index (Phi) is 23.8. The summed E-state index contributed by atoms with van der Waals surface area (Å²) in [6, 6.07) is 0. The standard InChI is InChI=1S/C28H54O4/c1-4-7-9-11-13-15-20-24-31-27(29)23-19-17-18-22-26(6-3)28(30)32-25-21-16-14-12-10-8-5-2/h26H,4-25H2,1-3H3. The van der Waals surface area contributed by atoms with Crippen LogP contribution in [0.2, 0.25) is 0 Å². The highest BCUT2D eigenvalue weighted by Crippen LogP contribution is 2.17. The summed E-state index contributed by atoms with van der Waals surface area (Å²) in [5, 5.41) is 0. The molecule has 1 atom stereocenters. The van der Waals surface area contributed by atoms with E-state index in [0.717, 1.165) is 57.8 Å². The first kappa shape index (κ1) is 30.9. The number of esters is 2. The average Bonchev–Trinajstić information content (AvgIpc) is 2.79. The second kappa shape index (κ2) is 24.6. The summed E-state index contributed by atoms with van der Waals surface area (Å²) in [5.74, 6) is -0.103. The lowest BCUT2D eigenvalue weighted by Gasteiger charge is -2.14. The largest absolute Gasteiger partial charge is 0.466 e. The van der Waals surface area contributed by atoms with Crippen molar-refractivity contribution in [1.82, 2.24) is 0 Å². The number of unbranched alkanes of at least 4 members (excludes halogenated alkanes) is 14. The quantitative estimate of drug-likeness (QED) is 0.108. The molecule has 0 radical (unpaired) electrons. The Morgan fingerprint density at radius 2 is 1.03 bits per heavy atom. The Bertz CT molecular complexity index is 422. The lowest BCUT2D eigenvalue weighted by molar-refractivity contribution is -0.149. The first-order valence-electron chi connectivity index (χ1n) is 14.0. The van der Waals surface area contributed by atoms with Gasteiger partial charge < -0.3 is 9.47 Å². The molecule has 0 bridgehead atoms. The van der Waals surface area contributed by atoms with Crippen LogP contribution in [0.1, 0.15) is 149 Å². The minimum atomic E-state index is -0.0721. The zero-order valence-electron chi connectivity index (χ0n) is 21.8. The van der Waals surface area contributed by atoms with Crippen molar-refractivity contribution in [3.05, 3.63) is 0 Å². The molecule has 190 valence electrons. The van der Waals surface area contributed by atoms with Gasteiger partial charge >= 0.3 is 11.9 Å². The zero-order valence-corrected chi connectivity index (χ0v) is 21.8. The summed E-state index contributed by atoms with van der Waals surface area (Å²) in [5.41, 5.74) is 0. The Morgan fingerprint density at radius 1 is 0.562 bits per heavy atom. The van der Waals surface area contributed by atoms with Crippen LogP contribution in [0.15, 0.2) is 0 Å². The maximum Gasteiger partial charge on any atom is 0.308 e. The SMILES string of the molecule is CCCCCCCCCOC(=O)CCCCCC(CC)C(=O)OCCCCCCCCC. The maximum absolute atomic E-state index is 12.3. The highest BCUT2D eigenvalue weighted by Gasteiger charge is 2.17. The molecule has 1 unspecified atom stereocenters. The summed E-state index contributed by atoms with van der Waals surface area (Å²) >= 11 is 0. The van der Waals surface area contributed by atoms with Gasteiger partial charge in [-0.25, -0.2) is 0 Å². The van der Waals surface area contributed by atoms with E-state index >= 15 is 0 Å². The van der Waals surface area contributed by atoms with Gasteiger partial charge in [0.25, 0.3) is 0 Å². The van der Waals surface area contributed by atoms with Crippen molar-refractivity contribution < 1.29 is 19.1 Å². The molecule has 0 aromatic heterocycles. The number of ether oxygens (including phenoxy) is 2. The molecule has 0 aliphatic heterocycles. The van der Waals surface area contributed by atoms with E-state index in [-0.39, 0.29) is 17.9 Å². The molecule has 0 aromatic rings. The molecule has 0 saturated heterocycles. The predicted molar refractivity (Wildman–Crippen MR) is 135 cm³/mol. The molecular formula is C28H54O4. The third-order valence-corrected chi connectivity index (χ3v) is 6.26. The smallest absolute Gasteiger partial charge is 0.308 e. The van der Waals surface area contributed by atoms with Crippen molar-refractivity contribution in [1.29, 1.82) is 0 Å². The summed E-state index contributed by atoms with van der Waals surface area (Å²) in [4.78, 5) is 24.1. The zero-order chi connectivity index (χ0) is 23.7. The fraction of sp³-hybridized carbons (Fsp3) is 0.929. The van der Waals surface area contributed by atoms with Gasteiger partial charge in [0.2, 0.25) is 0 Å². The molecule has 0 heterocycles. The van der Waals surface area contributed by atoms with E-state index in [9.17, 15) is 9.59 Å². The molecule has 0 rings (SSSR count). The summed E-state index contributed by atoms with van der Waals surface area (Å²) in [6.45, 7) is 7.65. The van der Waals surface area contributed by atoms with E-state index in [1.165, 1.54) is 64.2 Å². The van der Waals surface area contributed by atoms with E-state index in [2.05, 4.69) is 20.8 Å². The van der Waals surface area contributed by atoms with E-state index in [0.29, 0.717) is 19.6 Å². The molecule has 32 heavy (non-hydrogen) atoms. The van der Waals surface area contributed by atoms with Gasteiger partial charge in [-0.05, 0) is 32.1 Å². The monoisotopic (exact) mass is 454 g/mol. The van der Waals surface area contributed by atoms with Gasteiger partial charge in [0.05, 0.1) is 19.1 Å². The molecule has 0 fully saturated rings. The van der Waals surface area contributed by atoms with Crippen molar-refractivity contribution in [3.63, 3.8) is 0 Å². The Balaban J connectivity index is 3.57. The van der Waals surface area contributed by atoms with Gasteiger partial charge in [0, 0.05) is 6.42 Å². The Morgan fingerprint density at radius 3 is 1.56 bits per heavy atom. The van der Waals surface area contributed by atoms with Gasteiger partial charge in [-0.15, -0.1) is 0 Å². The summed E-state index contributed by atoms with van der Waals surface area (Å²) in [6.07, 6.45) is 22.2. The third kappa shape index (κ3) is 20.8. The Hall–Kier alpha value is -1.06. The van der Waals surface area contributed by atoms with Crippen LogP contribution in [0.3, 0.4) is 0 Å². The van der Waals surface area contributed by atoms with E-state index in [4.69, 9.17) is 9.47 Å². The number of hydrogen-bond donors (Lipinski definition) is 0. The van der Waals surface area contributed by atoms with Crippen LogP contribution >= 0.6 is 0 Å². The van der Waals surface area contributed by atoms with E-state index in [1.54, 1.807) is 0 Å². The first-order valence-corrected chi connectivity index (χ1v) is 14.0. The maximum atomic E-state index is 12.3. The highest BCUT2D eigenvalue weighted by atomic mass is 16.5. The average molecular weight is 455 g/mol. The van der Waals surface area contributed by atoms with Crippen LogP contribution in [0.4, 0.5) is 0 Å². The fourth-order valence-electron chi connectivity index (χ4n) is 3.99. The molecule has 0 N–H and O–H groups in total. The van der Waals surface area contributed by atoms with Crippen molar-refractivity contribution in [2.75, 3.05) is 13.2 Å². The Labute approximate surface area is 199 Å². The second-order valence-electron chi connectivity index (χ2n) is 9.34. The van der Waals surface area contributed by atoms with Gasteiger partial charge in [-0.3, -0.25) is 9.59 Å². The van der Waals surface area contributed by atoms with Crippen LogP contribution in [0.25, 0.3) is 0 Å². The van der Waals surface area contributed by atoms with Crippen LogP contribution in [0, 0.1) is 5.92 Å². The third-order valence-electron chi connectivity index (χ3n) is 6.26. The lowest BCUT2D eigenvalue weighted by atomic mass is 9.98. The van der Waals surface area contributed by atoms with Crippen molar-refractivity contribution in [2.45, 2.75) is 149 Å². The van der Waals surface area contributed by atoms with Crippen LogP contribution < -0.4 is 0 Å². The minimum absolute atomic E-state index is 0.00355. The topological polar surface area (TPSA) is 52.6 Å². The second-order valence-corrected chi connectivity index (χ2v) is 9.34. The first-order chi connectivity index (χ1) is 15.7. The number of rotatable bonds is 24. The van der Waals surface area contributed by atoms with Crippen LogP contribution in [0.5, 0.6) is 0 Å². The van der Waals surface area contributed by atoms with Crippen molar-refractivity contribution in [2.24, 2.45) is 5.92 Å². The van der Waals surface area contributed by atoms with Gasteiger partial charge in [-0.1, -0.05) is 111 Å². The molecule has 4 heteroatoms. The highest BCUT2D eigenvalue weighted by molar-refractivity contribution is 5.72. The fourth-order valence-corrected chi connectivity index (χ4v) is 3.99. The van der Waals surface area contributed by atoms with Crippen LogP contribution in [-0.4, -0.2) is 25.2 Å². The number of carbonyl (C=O) groups is 2. The van der Waals surface area contributed by atoms with Crippen molar-refractivity contribution >= 4 is 11.9 Å². The molecular weight excluding hydrogens is 400 g/mol. The molecule has 0 amide bonds. The number of hydrogen-bond acceptors (Lipinski definition) is 4. The summed E-state index contributed by atoms with van der Waals surface area (Å²) < 4.78 is 10.8. The predicted octanol–water partition coefficient (Wildman–Crippen LogP) is 8.55. The van der Waals surface area contributed by atoms with Gasteiger partial charge in [0.15, 0.2) is 0 Å². The van der Waals surface area contributed by atoms with Crippen LogP contribution in [-0.2, 0) is 19.1 Å². The van der Waals surface area contributed by atoms with Gasteiger partial charge in [-0.2, -0.15) is 0 Å². The molecule has 4 nitrogen and oxygen atoms in total. The van der Waals surface area contributed by atoms with Crippen molar-refractivity contribution in [3.8, 4) is 0 Å². The molecule has 0 saturated carbocycles. The molecule has 0 aromatic carbocycles. The molecule has 0 spiro atoms. The normalized spacial score (nSPS) is 12.0. The molecule has 0 aliphatic rings.